The number of rotatable bonds is 6. The fraction of sp³-hybridized carbons (Fsp3) is 0.400. The number of nitro benzene ring substituents is 1. The van der Waals surface area contributed by atoms with Crippen LogP contribution in [-0.2, 0) is 4.74 Å². The van der Waals surface area contributed by atoms with Crippen LogP contribution in [0.25, 0.3) is 0 Å². The lowest BCUT2D eigenvalue weighted by Gasteiger charge is -2.09. The van der Waals surface area contributed by atoms with Crippen LogP contribution in [0.3, 0.4) is 0 Å². The zero-order valence-corrected chi connectivity index (χ0v) is 11.9. The van der Waals surface area contributed by atoms with Gasteiger partial charge in [-0.3, -0.25) is 10.1 Å². The van der Waals surface area contributed by atoms with Gasteiger partial charge in [0.1, 0.15) is 5.69 Å². The maximum atomic E-state index is 11.5. The molecule has 0 aliphatic heterocycles. The van der Waals surface area contributed by atoms with Crippen LogP contribution in [-0.4, -0.2) is 24.5 Å². The summed E-state index contributed by atoms with van der Waals surface area (Å²) in [5.74, 6) is -0.508. The first-order valence-corrected chi connectivity index (χ1v) is 6.90. The Bertz CT molecular complexity index is 581. The monoisotopic (exact) mass is 290 g/mol. The Morgan fingerprint density at radius 3 is 2.90 bits per heavy atom. The van der Waals surface area contributed by atoms with Crippen LogP contribution >= 0.6 is 0 Å². The van der Waals surface area contributed by atoms with Gasteiger partial charge in [0, 0.05) is 12.6 Å². The number of esters is 1. The SMILES string of the molecule is COC(=O)c1ccc([N+](=O)[O-])c(NCCC2=CCCC2)c1. The summed E-state index contributed by atoms with van der Waals surface area (Å²) in [6.07, 6.45) is 6.49. The minimum Gasteiger partial charge on any atom is -0.465 e. The summed E-state index contributed by atoms with van der Waals surface area (Å²) in [5.41, 5.74) is 1.99. The number of anilines is 1. The van der Waals surface area contributed by atoms with Gasteiger partial charge < -0.3 is 10.1 Å². The second-order valence-electron chi connectivity index (χ2n) is 4.91. The highest BCUT2D eigenvalue weighted by Gasteiger charge is 2.17. The number of carbonyl (C=O) groups is 1. The van der Waals surface area contributed by atoms with Crippen LogP contribution in [0.1, 0.15) is 36.0 Å². The van der Waals surface area contributed by atoms with Gasteiger partial charge in [0.15, 0.2) is 0 Å². The third-order valence-electron chi connectivity index (χ3n) is 3.51. The quantitative estimate of drug-likeness (QED) is 0.376. The fourth-order valence-corrected chi connectivity index (χ4v) is 2.40. The second kappa shape index (κ2) is 6.88. The van der Waals surface area contributed by atoms with Crippen LogP contribution < -0.4 is 5.32 Å². The van der Waals surface area contributed by atoms with Crippen molar-refractivity contribution in [2.45, 2.75) is 25.7 Å². The van der Waals surface area contributed by atoms with Crippen molar-refractivity contribution in [1.82, 2.24) is 0 Å². The van der Waals surface area contributed by atoms with Crippen molar-refractivity contribution in [3.8, 4) is 0 Å². The van der Waals surface area contributed by atoms with E-state index in [1.807, 2.05) is 0 Å². The molecule has 112 valence electrons. The predicted molar refractivity (Wildman–Crippen MR) is 79.5 cm³/mol. The van der Waals surface area contributed by atoms with Gasteiger partial charge in [0.2, 0.25) is 0 Å². The zero-order chi connectivity index (χ0) is 15.2. The molecule has 0 atom stereocenters. The molecule has 6 heteroatoms. The molecule has 1 aliphatic rings. The van der Waals surface area contributed by atoms with E-state index in [1.165, 1.54) is 37.3 Å². The van der Waals surface area contributed by atoms with Crippen LogP contribution in [0, 0.1) is 10.1 Å². The molecule has 21 heavy (non-hydrogen) atoms. The van der Waals surface area contributed by atoms with Crippen molar-refractivity contribution in [3.63, 3.8) is 0 Å². The lowest BCUT2D eigenvalue weighted by atomic mass is 10.1. The van der Waals surface area contributed by atoms with Crippen molar-refractivity contribution in [3.05, 3.63) is 45.5 Å². The Kier molecular flexibility index (Phi) is 4.92. The average molecular weight is 290 g/mol. The molecule has 1 N–H and O–H groups in total. The molecular weight excluding hydrogens is 272 g/mol. The van der Waals surface area contributed by atoms with Crippen molar-refractivity contribution in [2.75, 3.05) is 19.0 Å². The van der Waals surface area contributed by atoms with E-state index < -0.39 is 10.9 Å². The Hall–Kier alpha value is -2.37. The Morgan fingerprint density at radius 2 is 2.29 bits per heavy atom. The highest BCUT2D eigenvalue weighted by molar-refractivity contribution is 5.91. The molecule has 0 saturated carbocycles. The van der Waals surface area contributed by atoms with E-state index in [0.717, 1.165) is 19.3 Å². The predicted octanol–water partition coefficient (Wildman–Crippen LogP) is 3.29. The first kappa shape index (κ1) is 15.0. The molecule has 2 rings (SSSR count). The van der Waals surface area contributed by atoms with Gasteiger partial charge in [-0.15, -0.1) is 0 Å². The molecule has 0 saturated heterocycles. The Balaban J connectivity index is 2.10. The van der Waals surface area contributed by atoms with Gasteiger partial charge in [0.05, 0.1) is 17.6 Å². The Labute approximate surface area is 122 Å². The topological polar surface area (TPSA) is 81.5 Å². The van der Waals surface area contributed by atoms with Gasteiger partial charge in [-0.1, -0.05) is 11.6 Å². The van der Waals surface area contributed by atoms with E-state index in [2.05, 4.69) is 16.1 Å². The van der Waals surface area contributed by atoms with Crippen molar-refractivity contribution >= 4 is 17.3 Å². The van der Waals surface area contributed by atoms with Crippen LogP contribution in [0.4, 0.5) is 11.4 Å². The van der Waals surface area contributed by atoms with Gasteiger partial charge in [0.25, 0.3) is 5.69 Å². The van der Waals surface area contributed by atoms with Gasteiger partial charge in [-0.05, 0) is 37.8 Å². The fourth-order valence-electron chi connectivity index (χ4n) is 2.40. The van der Waals surface area contributed by atoms with E-state index in [-0.39, 0.29) is 5.69 Å². The maximum absolute atomic E-state index is 11.5. The van der Waals surface area contributed by atoms with Gasteiger partial charge in [-0.25, -0.2) is 4.79 Å². The van der Waals surface area contributed by atoms with Gasteiger partial charge in [-0.2, -0.15) is 0 Å². The first-order chi connectivity index (χ1) is 10.1. The van der Waals surface area contributed by atoms with Gasteiger partial charge >= 0.3 is 5.97 Å². The average Bonchev–Trinajstić information content (AvgIpc) is 2.99. The van der Waals surface area contributed by atoms with E-state index >= 15 is 0 Å². The zero-order valence-electron chi connectivity index (χ0n) is 11.9. The molecule has 0 amide bonds. The molecule has 0 unspecified atom stereocenters. The molecule has 0 heterocycles. The molecule has 0 bridgehead atoms. The number of hydrogen-bond acceptors (Lipinski definition) is 5. The minimum absolute atomic E-state index is 0.0388. The largest absolute Gasteiger partial charge is 0.465 e. The first-order valence-electron chi connectivity index (χ1n) is 6.90. The third-order valence-corrected chi connectivity index (χ3v) is 3.51. The van der Waals surface area contributed by atoms with E-state index in [1.54, 1.807) is 0 Å². The summed E-state index contributed by atoms with van der Waals surface area (Å²) in [5, 5.41) is 14.1. The van der Waals surface area contributed by atoms with E-state index in [9.17, 15) is 14.9 Å². The summed E-state index contributed by atoms with van der Waals surface area (Å²) in [6, 6.07) is 4.19. The normalized spacial score (nSPS) is 13.7. The number of allylic oxidation sites excluding steroid dienone is 1. The highest BCUT2D eigenvalue weighted by Crippen LogP contribution is 2.27. The molecular formula is C15H18N2O4. The summed E-state index contributed by atoms with van der Waals surface area (Å²) < 4.78 is 4.63. The van der Waals surface area contributed by atoms with Crippen molar-refractivity contribution in [2.24, 2.45) is 0 Å². The lowest BCUT2D eigenvalue weighted by Crippen LogP contribution is -2.08. The summed E-state index contributed by atoms with van der Waals surface area (Å²) >= 11 is 0. The highest BCUT2D eigenvalue weighted by atomic mass is 16.6. The lowest BCUT2D eigenvalue weighted by molar-refractivity contribution is -0.384. The van der Waals surface area contributed by atoms with E-state index in [0.29, 0.717) is 17.8 Å². The molecule has 0 fully saturated rings. The minimum atomic E-state index is -0.508. The van der Waals surface area contributed by atoms with Crippen LogP contribution in [0.5, 0.6) is 0 Å². The number of hydrogen-bond donors (Lipinski definition) is 1. The molecule has 1 aromatic rings. The summed E-state index contributed by atoms with van der Waals surface area (Å²) in [4.78, 5) is 22.1. The van der Waals surface area contributed by atoms with Crippen LogP contribution in [0.2, 0.25) is 0 Å². The number of nitrogens with one attached hydrogen (secondary N) is 1. The van der Waals surface area contributed by atoms with Crippen LogP contribution in [0.15, 0.2) is 29.8 Å². The summed E-state index contributed by atoms with van der Waals surface area (Å²) in [6.45, 7) is 0.608. The maximum Gasteiger partial charge on any atom is 0.337 e. The summed E-state index contributed by atoms with van der Waals surface area (Å²) in [7, 11) is 1.28. The molecule has 0 spiro atoms. The number of ether oxygens (including phenoxy) is 1. The smallest absolute Gasteiger partial charge is 0.337 e. The van der Waals surface area contributed by atoms with Crippen molar-refractivity contribution in [1.29, 1.82) is 0 Å². The molecule has 1 aromatic carbocycles. The third kappa shape index (κ3) is 3.81. The van der Waals surface area contributed by atoms with E-state index in [4.69, 9.17) is 0 Å². The van der Waals surface area contributed by atoms with Crippen molar-refractivity contribution < 1.29 is 14.5 Å². The molecule has 0 radical (unpaired) electrons. The number of nitro groups is 1. The number of nitrogens with zero attached hydrogens (tertiary/aromatic N) is 1. The molecule has 6 nitrogen and oxygen atoms in total. The molecule has 1 aliphatic carbocycles. The Morgan fingerprint density at radius 1 is 1.48 bits per heavy atom. The standard InChI is InChI=1S/C15H18N2O4/c1-21-15(18)12-6-7-14(17(19)20)13(10-12)16-9-8-11-4-2-3-5-11/h4,6-7,10,16H,2-3,5,8-9H2,1H3. The molecule has 0 aromatic heterocycles. The number of methoxy groups -OCH3 is 1. The number of benzene rings is 1. The number of carbonyl (C=O) groups excluding carboxylic acids is 1. The second-order valence-corrected chi connectivity index (χ2v) is 4.91.